The summed E-state index contributed by atoms with van der Waals surface area (Å²) >= 11 is 0. The van der Waals surface area contributed by atoms with E-state index in [-0.39, 0.29) is 11.8 Å². The average Bonchev–Trinajstić information content (AvgIpc) is 3.04. The Bertz CT molecular complexity index is 918. The number of benzene rings is 1. The number of hydrogen-bond acceptors (Lipinski definition) is 2. The van der Waals surface area contributed by atoms with Gasteiger partial charge in [-0.25, -0.2) is 13.8 Å². The van der Waals surface area contributed by atoms with Gasteiger partial charge < -0.3 is 9.47 Å². The van der Waals surface area contributed by atoms with E-state index in [1.165, 1.54) is 0 Å². The number of amides is 1. The Labute approximate surface area is 158 Å². The summed E-state index contributed by atoms with van der Waals surface area (Å²) in [6.07, 6.45) is -5.79. The zero-order chi connectivity index (χ0) is 21.6. The van der Waals surface area contributed by atoms with E-state index in [4.69, 9.17) is 0 Å². The van der Waals surface area contributed by atoms with Crippen LogP contribution in [0.3, 0.4) is 0 Å². The normalized spacial score (nSPS) is 16.9. The first-order valence-corrected chi connectivity index (χ1v) is 7.93. The van der Waals surface area contributed by atoms with Gasteiger partial charge in [-0.15, -0.1) is 0 Å². The zero-order valence-electron chi connectivity index (χ0n) is 14.2. The minimum absolute atomic E-state index is 0.00189. The van der Waals surface area contributed by atoms with Crippen LogP contribution in [-0.4, -0.2) is 39.4 Å². The van der Waals surface area contributed by atoms with Gasteiger partial charge in [-0.1, -0.05) is 0 Å². The maximum atomic E-state index is 12.9. The van der Waals surface area contributed by atoms with E-state index in [9.17, 15) is 39.9 Å². The van der Waals surface area contributed by atoms with E-state index in [0.29, 0.717) is 12.1 Å². The van der Waals surface area contributed by atoms with E-state index in [1.54, 1.807) is 0 Å². The Morgan fingerprint density at radius 3 is 2.03 bits per heavy atom. The van der Waals surface area contributed by atoms with Gasteiger partial charge in [0.25, 0.3) is 5.92 Å². The molecule has 29 heavy (non-hydrogen) atoms. The monoisotopic (exact) mass is 425 g/mol. The molecular formula is C17H11F8N3O. The van der Waals surface area contributed by atoms with Gasteiger partial charge in [-0.3, -0.25) is 4.79 Å². The van der Waals surface area contributed by atoms with Gasteiger partial charge in [-0.05, 0) is 18.2 Å². The van der Waals surface area contributed by atoms with E-state index < -0.39 is 54.0 Å². The minimum atomic E-state index is -5.00. The molecule has 0 unspecified atom stereocenters. The van der Waals surface area contributed by atoms with Crippen molar-refractivity contribution in [2.45, 2.75) is 18.3 Å². The molecule has 0 radical (unpaired) electrons. The van der Waals surface area contributed by atoms with Gasteiger partial charge in [0, 0.05) is 24.0 Å². The predicted octanol–water partition coefficient (Wildman–Crippen LogP) is 4.54. The molecule has 0 bridgehead atoms. The fourth-order valence-corrected chi connectivity index (χ4v) is 2.59. The first kappa shape index (κ1) is 20.8. The van der Waals surface area contributed by atoms with Crippen molar-refractivity contribution in [3.63, 3.8) is 0 Å². The Balaban J connectivity index is 1.84. The molecule has 4 nitrogen and oxygen atoms in total. The van der Waals surface area contributed by atoms with Crippen LogP contribution < -0.4 is 0 Å². The number of imidazole rings is 1. The Hall–Kier alpha value is -2.92. The molecule has 1 aromatic heterocycles. The largest absolute Gasteiger partial charge is 0.416 e. The molecule has 1 aliphatic heterocycles. The Kier molecular flexibility index (Phi) is 4.91. The summed E-state index contributed by atoms with van der Waals surface area (Å²) in [5, 5.41) is 0. The fraction of sp³-hybridized carbons (Fsp3) is 0.294. The molecule has 0 saturated carbocycles. The lowest BCUT2D eigenvalue weighted by Gasteiger charge is -2.37. The first-order chi connectivity index (χ1) is 13.2. The van der Waals surface area contributed by atoms with Crippen LogP contribution >= 0.6 is 0 Å². The molecule has 0 spiro atoms. The summed E-state index contributed by atoms with van der Waals surface area (Å²) in [6.45, 7) is -1.45. The second-order valence-electron chi connectivity index (χ2n) is 6.37. The number of aromatic nitrogens is 2. The van der Waals surface area contributed by atoms with Crippen LogP contribution in [0.15, 0.2) is 36.8 Å². The van der Waals surface area contributed by atoms with E-state index in [2.05, 4.69) is 4.98 Å². The first-order valence-electron chi connectivity index (χ1n) is 7.93. The molecule has 2 heterocycles. The molecule has 1 saturated heterocycles. The molecule has 12 heteroatoms. The van der Waals surface area contributed by atoms with Gasteiger partial charge >= 0.3 is 12.4 Å². The van der Waals surface area contributed by atoms with Crippen molar-refractivity contribution in [3.05, 3.63) is 47.9 Å². The van der Waals surface area contributed by atoms with E-state index in [0.717, 1.165) is 34.3 Å². The topological polar surface area (TPSA) is 38.1 Å². The number of halogens is 8. The van der Waals surface area contributed by atoms with Gasteiger partial charge in [0.2, 0.25) is 5.91 Å². The third kappa shape index (κ3) is 4.74. The lowest BCUT2D eigenvalue weighted by Crippen LogP contribution is -2.58. The third-order valence-corrected chi connectivity index (χ3v) is 4.03. The van der Waals surface area contributed by atoms with Crippen LogP contribution in [0, 0.1) is 0 Å². The molecule has 156 valence electrons. The summed E-state index contributed by atoms with van der Waals surface area (Å²) in [5.74, 6) is -3.66. The van der Waals surface area contributed by atoms with Crippen molar-refractivity contribution in [1.82, 2.24) is 14.5 Å². The molecule has 2 aromatic rings. The van der Waals surface area contributed by atoms with Crippen LogP contribution in [0.25, 0.3) is 17.5 Å². The number of alkyl halides is 8. The maximum absolute atomic E-state index is 12.9. The Morgan fingerprint density at radius 1 is 1.00 bits per heavy atom. The average molecular weight is 425 g/mol. The highest BCUT2D eigenvalue weighted by atomic mass is 19.4. The number of rotatable bonds is 3. The molecule has 1 aliphatic rings. The van der Waals surface area contributed by atoms with Gasteiger partial charge in [-0.2, -0.15) is 26.3 Å². The highest BCUT2D eigenvalue weighted by Crippen LogP contribution is 2.38. The van der Waals surface area contributed by atoms with Gasteiger partial charge in [0.1, 0.15) is 0 Å². The molecule has 0 aliphatic carbocycles. The van der Waals surface area contributed by atoms with Crippen LogP contribution in [0.5, 0.6) is 0 Å². The van der Waals surface area contributed by atoms with Crippen LogP contribution in [0.2, 0.25) is 0 Å². The standard InChI is InChI=1S/C17H11F8N3O/c18-15(19)7-28(8-15)14(29)1-2-27-6-13(26-9-27)10-3-11(16(20,21)22)5-12(4-10)17(23,24)25/h1-6,9H,7-8H2/b2-1-. The summed E-state index contributed by atoms with van der Waals surface area (Å²) in [4.78, 5) is 16.3. The highest BCUT2D eigenvalue weighted by molar-refractivity contribution is 5.91. The lowest BCUT2D eigenvalue weighted by molar-refractivity contribution is -0.160. The van der Waals surface area contributed by atoms with Crippen molar-refractivity contribution in [2.24, 2.45) is 0 Å². The molecule has 1 amide bonds. The maximum Gasteiger partial charge on any atom is 0.416 e. The number of carbonyl (C=O) groups excluding carboxylic acids is 1. The third-order valence-electron chi connectivity index (χ3n) is 4.03. The molecule has 0 N–H and O–H groups in total. The van der Waals surface area contributed by atoms with Crippen LogP contribution in [0.1, 0.15) is 11.1 Å². The van der Waals surface area contributed by atoms with E-state index in [1.807, 2.05) is 0 Å². The molecule has 0 atom stereocenters. The van der Waals surface area contributed by atoms with E-state index >= 15 is 0 Å². The van der Waals surface area contributed by atoms with Crippen molar-refractivity contribution < 1.29 is 39.9 Å². The second-order valence-corrected chi connectivity index (χ2v) is 6.37. The quantitative estimate of drug-likeness (QED) is 0.535. The van der Waals surface area contributed by atoms with Gasteiger partial charge in [0.15, 0.2) is 0 Å². The molecule has 1 aromatic carbocycles. The fourth-order valence-electron chi connectivity index (χ4n) is 2.59. The second kappa shape index (κ2) is 6.85. The summed E-state index contributed by atoms with van der Waals surface area (Å²) in [5.41, 5.74) is -3.59. The number of carbonyl (C=O) groups is 1. The highest BCUT2D eigenvalue weighted by Gasteiger charge is 2.45. The minimum Gasteiger partial charge on any atom is -0.327 e. The van der Waals surface area contributed by atoms with Crippen LogP contribution in [0.4, 0.5) is 35.1 Å². The van der Waals surface area contributed by atoms with Crippen molar-refractivity contribution in [1.29, 1.82) is 0 Å². The smallest absolute Gasteiger partial charge is 0.327 e. The van der Waals surface area contributed by atoms with Crippen molar-refractivity contribution in [2.75, 3.05) is 13.1 Å². The van der Waals surface area contributed by atoms with Crippen molar-refractivity contribution in [3.8, 4) is 11.3 Å². The summed E-state index contributed by atoms with van der Waals surface area (Å²) in [6, 6.07) is 1.06. The Morgan fingerprint density at radius 2 is 1.55 bits per heavy atom. The molecule has 3 rings (SSSR count). The molecule has 1 fully saturated rings. The SMILES string of the molecule is O=C(/C=C\n1cnc(-c2cc(C(F)(F)F)cc(C(F)(F)F)c2)c1)N1CC(F)(F)C1. The summed E-state index contributed by atoms with van der Waals surface area (Å²) in [7, 11) is 0. The van der Waals surface area contributed by atoms with Crippen molar-refractivity contribution >= 4 is 12.1 Å². The van der Waals surface area contributed by atoms with Gasteiger partial charge in [0.05, 0.1) is 36.2 Å². The number of hydrogen-bond donors (Lipinski definition) is 0. The van der Waals surface area contributed by atoms with Crippen LogP contribution in [-0.2, 0) is 17.1 Å². The lowest BCUT2D eigenvalue weighted by atomic mass is 10.0. The predicted molar refractivity (Wildman–Crippen MR) is 84.5 cm³/mol. The molecular weight excluding hydrogens is 414 g/mol. The summed E-state index contributed by atoms with van der Waals surface area (Å²) < 4.78 is 104. The number of nitrogens with zero attached hydrogens (tertiary/aromatic N) is 3. The zero-order valence-corrected chi connectivity index (χ0v) is 14.2. The number of likely N-dealkylation sites (tertiary alicyclic amines) is 1.